The van der Waals surface area contributed by atoms with Crippen LogP contribution in [0.5, 0.6) is 0 Å². The van der Waals surface area contributed by atoms with E-state index in [0.29, 0.717) is 11.1 Å². The SMILES string of the molecule is CN1CCC(Sc2cccc(N)n2)CC1. The number of likely N-dealkylation sites (tertiary alicyclic amines) is 1. The molecule has 1 fully saturated rings. The molecule has 4 heteroatoms. The number of nitrogens with zero attached hydrogens (tertiary/aromatic N) is 2. The fraction of sp³-hybridized carbons (Fsp3) is 0.545. The van der Waals surface area contributed by atoms with Crippen molar-refractivity contribution in [3.05, 3.63) is 18.2 Å². The molecular weight excluding hydrogens is 206 g/mol. The van der Waals surface area contributed by atoms with Gasteiger partial charge in [-0.05, 0) is 45.1 Å². The van der Waals surface area contributed by atoms with Crippen LogP contribution in [0.2, 0.25) is 0 Å². The maximum absolute atomic E-state index is 5.65. The summed E-state index contributed by atoms with van der Waals surface area (Å²) in [6.07, 6.45) is 2.50. The summed E-state index contributed by atoms with van der Waals surface area (Å²) in [7, 11) is 2.18. The molecule has 2 heterocycles. The molecule has 2 rings (SSSR count). The fourth-order valence-electron chi connectivity index (χ4n) is 1.77. The predicted octanol–water partition coefficient (Wildman–Crippen LogP) is 1.85. The zero-order chi connectivity index (χ0) is 10.7. The zero-order valence-electron chi connectivity index (χ0n) is 9.02. The predicted molar refractivity (Wildman–Crippen MR) is 65.0 cm³/mol. The zero-order valence-corrected chi connectivity index (χ0v) is 9.83. The first-order chi connectivity index (χ1) is 7.24. The van der Waals surface area contributed by atoms with Crippen molar-refractivity contribution in [1.82, 2.24) is 9.88 Å². The molecule has 15 heavy (non-hydrogen) atoms. The summed E-state index contributed by atoms with van der Waals surface area (Å²) in [6, 6.07) is 5.84. The molecule has 0 unspecified atom stereocenters. The minimum Gasteiger partial charge on any atom is -0.384 e. The van der Waals surface area contributed by atoms with Crippen LogP contribution in [0.3, 0.4) is 0 Å². The smallest absolute Gasteiger partial charge is 0.124 e. The molecule has 1 aromatic rings. The van der Waals surface area contributed by atoms with Gasteiger partial charge in [0.05, 0.1) is 5.03 Å². The van der Waals surface area contributed by atoms with Crippen LogP contribution in [-0.4, -0.2) is 35.3 Å². The second-order valence-corrected chi connectivity index (χ2v) is 5.34. The van der Waals surface area contributed by atoms with E-state index in [0.717, 1.165) is 5.03 Å². The van der Waals surface area contributed by atoms with E-state index in [1.807, 2.05) is 30.0 Å². The maximum Gasteiger partial charge on any atom is 0.124 e. The number of hydrogen-bond acceptors (Lipinski definition) is 4. The first-order valence-electron chi connectivity index (χ1n) is 5.32. The Kier molecular flexibility index (Phi) is 3.49. The average Bonchev–Trinajstić information content (AvgIpc) is 2.22. The van der Waals surface area contributed by atoms with Crippen molar-refractivity contribution in [2.75, 3.05) is 25.9 Å². The Bertz CT molecular complexity index is 321. The molecule has 0 aromatic carbocycles. The van der Waals surface area contributed by atoms with Crippen molar-refractivity contribution in [2.24, 2.45) is 0 Å². The highest BCUT2D eigenvalue weighted by atomic mass is 32.2. The Morgan fingerprint density at radius 3 is 2.80 bits per heavy atom. The van der Waals surface area contributed by atoms with Crippen LogP contribution in [0.15, 0.2) is 23.2 Å². The van der Waals surface area contributed by atoms with Gasteiger partial charge in [-0.1, -0.05) is 6.07 Å². The van der Waals surface area contributed by atoms with Crippen LogP contribution in [0.25, 0.3) is 0 Å². The number of piperidine rings is 1. The van der Waals surface area contributed by atoms with E-state index in [-0.39, 0.29) is 0 Å². The van der Waals surface area contributed by atoms with E-state index >= 15 is 0 Å². The molecule has 1 saturated heterocycles. The number of anilines is 1. The third-order valence-electron chi connectivity index (χ3n) is 2.70. The molecule has 0 bridgehead atoms. The summed E-state index contributed by atoms with van der Waals surface area (Å²) in [5.41, 5.74) is 5.65. The number of aromatic nitrogens is 1. The normalized spacial score (nSPS) is 19.3. The molecule has 1 aliphatic heterocycles. The molecular formula is C11H17N3S. The van der Waals surface area contributed by atoms with Gasteiger partial charge in [-0.2, -0.15) is 0 Å². The van der Waals surface area contributed by atoms with E-state index in [9.17, 15) is 0 Å². The third-order valence-corrected chi connectivity index (χ3v) is 3.97. The maximum atomic E-state index is 5.65. The molecule has 0 atom stereocenters. The van der Waals surface area contributed by atoms with Gasteiger partial charge < -0.3 is 10.6 Å². The molecule has 0 saturated carbocycles. The molecule has 0 spiro atoms. The highest BCUT2D eigenvalue weighted by Crippen LogP contribution is 2.28. The minimum atomic E-state index is 0.618. The standard InChI is InChI=1S/C11H17N3S/c1-14-7-5-9(6-8-14)15-11-4-2-3-10(12)13-11/h2-4,9H,5-8H2,1H3,(H2,12,13). The highest BCUT2D eigenvalue weighted by molar-refractivity contribution is 7.99. The quantitative estimate of drug-likeness (QED) is 0.831. The molecule has 2 N–H and O–H groups in total. The second kappa shape index (κ2) is 4.86. The lowest BCUT2D eigenvalue weighted by molar-refractivity contribution is 0.282. The van der Waals surface area contributed by atoms with Gasteiger partial charge >= 0.3 is 0 Å². The van der Waals surface area contributed by atoms with Gasteiger partial charge in [0.25, 0.3) is 0 Å². The molecule has 0 radical (unpaired) electrons. The molecule has 0 amide bonds. The van der Waals surface area contributed by atoms with Crippen LogP contribution in [0.4, 0.5) is 5.82 Å². The number of nitrogen functional groups attached to an aromatic ring is 1. The van der Waals surface area contributed by atoms with Crippen LogP contribution in [-0.2, 0) is 0 Å². The van der Waals surface area contributed by atoms with Crippen molar-refractivity contribution in [1.29, 1.82) is 0 Å². The van der Waals surface area contributed by atoms with Crippen molar-refractivity contribution < 1.29 is 0 Å². The van der Waals surface area contributed by atoms with Crippen molar-refractivity contribution in [2.45, 2.75) is 23.1 Å². The first-order valence-corrected chi connectivity index (χ1v) is 6.20. The molecule has 82 valence electrons. The second-order valence-electron chi connectivity index (χ2n) is 4.02. The molecule has 1 aromatic heterocycles. The summed E-state index contributed by atoms with van der Waals surface area (Å²) in [5, 5.41) is 1.76. The van der Waals surface area contributed by atoms with Crippen LogP contribution in [0, 0.1) is 0 Å². The Labute approximate surface area is 95.1 Å². The number of rotatable bonds is 2. The van der Waals surface area contributed by atoms with Gasteiger partial charge in [0.15, 0.2) is 0 Å². The molecule has 1 aliphatic rings. The summed E-state index contributed by atoms with van der Waals surface area (Å²) in [4.78, 5) is 6.69. The van der Waals surface area contributed by atoms with Crippen LogP contribution < -0.4 is 5.73 Å². The topological polar surface area (TPSA) is 42.1 Å². The summed E-state index contributed by atoms with van der Waals surface area (Å²) < 4.78 is 0. The Morgan fingerprint density at radius 1 is 1.40 bits per heavy atom. The Morgan fingerprint density at radius 2 is 2.13 bits per heavy atom. The van der Waals surface area contributed by atoms with E-state index in [4.69, 9.17) is 5.73 Å². The van der Waals surface area contributed by atoms with Crippen molar-refractivity contribution in [3.8, 4) is 0 Å². The molecule has 0 aliphatic carbocycles. The summed E-state index contributed by atoms with van der Waals surface area (Å²) >= 11 is 1.86. The Balaban J connectivity index is 1.92. The van der Waals surface area contributed by atoms with Gasteiger partial charge in [-0.25, -0.2) is 4.98 Å². The lowest BCUT2D eigenvalue weighted by Gasteiger charge is -2.28. The van der Waals surface area contributed by atoms with Crippen LogP contribution in [0.1, 0.15) is 12.8 Å². The van der Waals surface area contributed by atoms with Crippen LogP contribution >= 0.6 is 11.8 Å². The Hall–Kier alpha value is -0.740. The number of pyridine rings is 1. The summed E-state index contributed by atoms with van der Waals surface area (Å²) in [5.74, 6) is 0.618. The van der Waals surface area contributed by atoms with Gasteiger partial charge in [0, 0.05) is 5.25 Å². The van der Waals surface area contributed by atoms with Gasteiger partial charge in [0.1, 0.15) is 5.82 Å². The minimum absolute atomic E-state index is 0.618. The van der Waals surface area contributed by atoms with Gasteiger partial charge in [0.2, 0.25) is 0 Å². The van der Waals surface area contributed by atoms with Crippen molar-refractivity contribution in [3.63, 3.8) is 0 Å². The number of hydrogen-bond donors (Lipinski definition) is 1. The number of thioether (sulfide) groups is 1. The summed E-state index contributed by atoms with van der Waals surface area (Å²) in [6.45, 7) is 2.39. The number of nitrogens with two attached hydrogens (primary N) is 1. The fourth-order valence-corrected chi connectivity index (χ4v) is 2.87. The van der Waals surface area contributed by atoms with E-state index in [1.54, 1.807) is 0 Å². The van der Waals surface area contributed by atoms with E-state index in [2.05, 4.69) is 16.9 Å². The van der Waals surface area contributed by atoms with E-state index < -0.39 is 0 Å². The van der Waals surface area contributed by atoms with Gasteiger partial charge in [-0.15, -0.1) is 11.8 Å². The highest BCUT2D eigenvalue weighted by Gasteiger charge is 2.17. The van der Waals surface area contributed by atoms with Gasteiger partial charge in [-0.3, -0.25) is 0 Å². The average molecular weight is 223 g/mol. The molecule has 3 nitrogen and oxygen atoms in total. The van der Waals surface area contributed by atoms with Crippen molar-refractivity contribution >= 4 is 17.6 Å². The largest absolute Gasteiger partial charge is 0.384 e. The monoisotopic (exact) mass is 223 g/mol. The lowest BCUT2D eigenvalue weighted by Crippen LogP contribution is -2.31. The van der Waals surface area contributed by atoms with E-state index in [1.165, 1.54) is 25.9 Å². The lowest BCUT2D eigenvalue weighted by atomic mass is 10.1. The third kappa shape index (κ3) is 3.11. The first kappa shape index (κ1) is 10.8.